The summed E-state index contributed by atoms with van der Waals surface area (Å²) in [6.45, 7) is 5.82. The van der Waals surface area contributed by atoms with Crippen molar-refractivity contribution in [3.8, 4) is 0 Å². The summed E-state index contributed by atoms with van der Waals surface area (Å²) in [6, 6.07) is 1.67. The van der Waals surface area contributed by atoms with Crippen LogP contribution in [0.25, 0.3) is 0 Å². The largest absolute Gasteiger partial charge is 0.361 e. The van der Waals surface area contributed by atoms with Gasteiger partial charge in [0.2, 0.25) is 11.8 Å². The predicted octanol–water partition coefficient (Wildman–Crippen LogP) is 1.55. The maximum atomic E-state index is 13.2. The summed E-state index contributed by atoms with van der Waals surface area (Å²) in [5, 5.41) is 3.86. The molecule has 8 nitrogen and oxygen atoms in total. The van der Waals surface area contributed by atoms with Crippen molar-refractivity contribution < 1.29 is 18.9 Å². The molecular weight excluding hydrogens is 372 g/mol. The molecule has 0 N–H and O–H groups in total. The van der Waals surface area contributed by atoms with Crippen molar-refractivity contribution in [3.63, 3.8) is 0 Å². The lowest BCUT2D eigenvalue weighted by Crippen LogP contribution is -2.49. The maximum Gasteiger partial charge on any atom is 0.276 e. The molecule has 3 amide bonds. The van der Waals surface area contributed by atoms with E-state index in [1.54, 1.807) is 38.9 Å². The standard InChI is InChI=1S/C21H30N4O4/c1-14-11-16(22-29-14)18(27)24-9-7-20(8-10-24)5-6-21(19(28)23(3)4)13-25(15(2)26)12-17(20)21/h11,17H,5-10,12-13H2,1-4H3/t17-,21+/m1/s1. The lowest BCUT2D eigenvalue weighted by molar-refractivity contribution is -0.141. The highest BCUT2D eigenvalue weighted by molar-refractivity contribution is 5.92. The van der Waals surface area contributed by atoms with E-state index >= 15 is 0 Å². The van der Waals surface area contributed by atoms with Crippen LogP contribution in [0, 0.1) is 23.7 Å². The molecule has 2 saturated heterocycles. The minimum atomic E-state index is -0.482. The first kappa shape index (κ1) is 19.9. The zero-order valence-electron chi connectivity index (χ0n) is 17.7. The van der Waals surface area contributed by atoms with Crippen molar-refractivity contribution in [1.82, 2.24) is 19.9 Å². The second-order valence-electron chi connectivity index (χ2n) is 9.29. The average molecular weight is 402 g/mol. The normalized spacial score (nSPS) is 27.9. The van der Waals surface area contributed by atoms with Crippen LogP contribution in [0.5, 0.6) is 0 Å². The molecule has 1 saturated carbocycles. The number of hydrogen-bond acceptors (Lipinski definition) is 5. The molecular formula is C21H30N4O4. The number of amides is 3. The fourth-order valence-electron chi connectivity index (χ4n) is 5.98. The quantitative estimate of drug-likeness (QED) is 0.749. The van der Waals surface area contributed by atoms with Crippen LogP contribution in [0.3, 0.4) is 0 Å². The predicted molar refractivity (Wildman–Crippen MR) is 105 cm³/mol. The molecule has 8 heteroatoms. The summed E-state index contributed by atoms with van der Waals surface area (Å²) < 4.78 is 5.05. The highest BCUT2D eigenvalue weighted by Gasteiger charge is 2.65. The molecule has 158 valence electrons. The first-order chi connectivity index (χ1) is 13.7. The molecule has 1 aromatic rings. The Morgan fingerprint density at radius 3 is 2.38 bits per heavy atom. The molecule has 0 radical (unpaired) electrons. The Morgan fingerprint density at radius 1 is 1.14 bits per heavy atom. The maximum absolute atomic E-state index is 13.2. The van der Waals surface area contributed by atoms with Gasteiger partial charge in [0, 0.05) is 53.3 Å². The molecule has 3 heterocycles. The van der Waals surface area contributed by atoms with Crippen LogP contribution in [0.4, 0.5) is 0 Å². The molecule has 0 unspecified atom stereocenters. The summed E-state index contributed by atoms with van der Waals surface area (Å²) in [4.78, 5) is 43.4. The molecule has 0 aromatic carbocycles. The summed E-state index contributed by atoms with van der Waals surface area (Å²) in [7, 11) is 3.60. The summed E-state index contributed by atoms with van der Waals surface area (Å²) >= 11 is 0. The van der Waals surface area contributed by atoms with Gasteiger partial charge in [0.15, 0.2) is 5.69 Å². The second kappa shape index (κ2) is 6.85. The van der Waals surface area contributed by atoms with E-state index in [1.165, 1.54) is 0 Å². The summed E-state index contributed by atoms with van der Waals surface area (Å²) in [5.41, 5.74) is -0.123. The number of fused-ring (bicyclic) bond motifs is 2. The second-order valence-corrected chi connectivity index (χ2v) is 9.29. The zero-order chi connectivity index (χ0) is 21.0. The van der Waals surface area contributed by atoms with Crippen LogP contribution in [-0.2, 0) is 9.59 Å². The van der Waals surface area contributed by atoms with Gasteiger partial charge in [0.05, 0.1) is 5.41 Å². The molecule has 1 aliphatic carbocycles. The minimum Gasteiger partial charge on any atom is -0.361 e. The number of likely N-dealkylation sites (tertiary alicyclic amines) is 2. The fourth-order valence-corrected chi connectivity index (χ4v) is 5.98. The van der Waals surface area contributed by atoms with Gasteiger partial charge in [-0.15, -0.1) is 0 Å². The minimum absolute atomic E-state index is 0.00634. The van der Waals surface area contributed by atoms with E-state index in [0.717, 1.165) is 25.7 Å². The third-order valence-electron chi connectivity index (χ3n) is 7.52. The van der Waals surface area contributed by atoms with Gasteiger partial charge in [-0.3, -0.25) is 14.4 Å². The smallest absolute Gasteiger partial charge is 0.276 e. The Kier molecular flexibility index (Phi) is 4.70. The monoisotopic (exact) mass is 402 g/mol. The van der Waals surface area contributed by atoms with E-state index in [0.29, 0.717) is 37.6 Å². The van der Waals surface area contributed by atoms with Gasteiger partial charge < -0.3 is 19.2 Å². The van der Waals surface area contributed by atoms with Crippen LogP contribution in [-0.4, -0.2) is 77.9 Å². The number of rotatable bonds is 2. The van der Waals surface area contributed by atoms with Crippen LogP contribution in [0.1, 0.15) is 48.9 Å². The van der Waals surface area contributed by atoms with E-state index < -0.39 is 5.41 Å². The Bertz CT molecular complexity index is 839. The molecule has 0 bridgehead atoms. The van der Waals surface area contributed by atoms with Crippen LogP contribution in [0.15, 0.2) is 10.6 Å². The van der Waals surface area contributed by atoms with Gasteiger partial charge in [-0.2, -0.15) is 0 Å². The molecule has 3 fully saturated rings. The lowest BCUT2D eigenvalue weighted by Gasteiger charge is -2.44. The van der Waals surface area contributed by atoms with E-state index in [4.69, 9.17) is 4.52 Å². The number of carbonyl (C=O) groups is 3. The van der Waals surface area contributed by atoms with Crippen molar-refractivity contribution >= 4 is 17.7 Å². The summed E-state index contributed by atoms with van der Waals surface area (Å²) in [6.07, 6.45) is 3.51. The SMILES string of the molecule is CC(=O)N1C[C@@H]2C3(CCN(C(=O)c4cc(C)on4)CC3)CC[C@]2(C(=O)N(C)C)C1. The number of carbonyl (C=O) groups excluding carboxylic acids is 3. The van der Waals surface area contributed by atoms with Crippen LogP contribution >= 0.6 is 0 Å². The third kappa shape index (κ3) is 3.04. The topological polar surface area (TPSA) is 87.0 Å². The van der Waals surface area contributed by atoms with Crippen molar-refractivity contribution in [3.05, 3.63) is 17.5 Å². The number of piperidine rings is 1. The van der Waals surface area contributed by atoms with Gasteiger partial charge in [-0.05, 0) is 43.9 Å². The Labute approximate surface area is 171 Å². The molecule has 4 rings (SSSR count). The van der Waals surface area contributed by atoms with E-state index in [9.17, 15) is 14.4 Å². The number of aryl methyl sites for hydroxylation is 1. The van der Waals surface area contributed by atoms with Gasteiger partial charge in [0.1, 0.15) is 5.76 Å². The van der Waals surface area contributed by atoms with Crippen molar-refractivity contribution in [2.75, 3.05) is 40.3 Å². The summed E-state index contributed by atoms with van der Waals surface area (Å²) in [5.74, 6) is 0.858. The Balaban J connectivity index is 1.54. The molecule has 1 aromatic heterocycles. The molecule has 2 aliphatic heterocycles. The van der Waals surface area contributed by atoms with Gasteiger partial charge >= 0.3 is 0 Å². The Morgan fingerprint density at radius 2 is 1.83 bits per heavy atom. The first-order valence-corrected chi connectivity index (χ1v) is 10.4. The van der Waals surface area contributed by atoms with Gasteiger partial charge in [-0.25, -0.2) is 0 Å². The van der Waals surface area contributed by atoms with E-state index in [1.807, 2.05) is 9.80 Å². The van der Waals surface area contributed by atoms with Gasteiger partial charge in [-0.1, -0.05) is 5.16 Å². The Hall–Kier alpha value is -2.38. The highest BCUT2D eigenvalue weighted by Crippen LogP contribution is 2.62. The molecule has 2 atom stereocenters. The highest BCUT2D eigenvalue weighted by atomic mass is 16.5. The zero-order valence-corrected chi connectivity index (χ0v) is 17.7. The van der Waals surface area contributed by atoms with E-state index in [-0.39, 0.29) is 29.1 Å². The average Bonchev–Trinajstić information content (AvgIpc) is 3.36. The molecule has 29 heavy (non-hydrogen) atoms. The first-order valence-electron chi connectivity index (χ1n) is 10.4. The van der Waals surface area contributed by atoms with Crippen molar-refractivity contribution in [1.29, 1.82) is 0 Å². The van der Waals surface area contributed by atoms with Crippen LogP contribution < -0.4 is 0 Å². The number of hydrogen-bond donors (Lipinski definition) is 0. The third-order valence-corrected chi connectivity index (χ3v) is 7.52. The fraction of sp³-hybridized carbons (Fsp3) is 0.714. The van der Waals surface area contributed by atoms with E-state index in [2.05, 4.69) is 5.16 Å². The lowest BCUT2D eigenvalue weighted by atomic mass is 9.65. The molecule has 1 spiro atoms. The number of nitrogens with zero attached hydrogens (tertiary/aromatic N) is 4. The van der Waals surface area contributed by atoms with Crippen molar-refractivity contribution in [2.45, 2.75) is 39.5 Å². The number of aromatic nitrogens is 1. The molecule has 3 aliphatic rings. The van der Waals surface area contributed by atoms with Gasteiger partial charge in [0.25, 0.3) is 5.91 Å². The van der Waals surface area contributed by atoms with Crippen LogP contribution in [0.2, 0.25) is 0 Å². The van der Waals surface area contributed by atoms with Crippen molar-refractivity contribution in [2.24, 2.45) is 16.7 Å².